The smallest absolute Gasteiger partial charge is 0.475 e. The number of piperazine rings is 1. The molecule has 0 atom stereocenters. The van der Waals surface area contributed by atoms with Crippen molar-refractivity contribution in [2.75, 3.05) is 39.3 Å². The van der Waals surface area contributed by atoms with E-state index in [1.807, 2.05) is 26.0 Å². The van der Waals surface area contributed by atoms with Gasteiger partial charge in [0, 0.05) is 32.7 Å². The summed E-state index contributed by atoms with van der Waals surface area (Å²) in [5.41, 5.74) is 1.09. The molecule has 2 rings (SSSR count). The standard InChI is InChI=1S/C18H29N3O3S.C2HF3O2/c1-3-5-12-21(15-18(22)20-13-10-19-11-14-20)25(23,24)17-8-6-16(4-2)7-9-17;3-2(4,5)1(6)7/h6-9,19H,3-5,10-15H2,1-2H3;(H,6,7). The number of nitrogens with one attached hydrogen (secondary N) is 1. The number of hydrogen-bond acceptors (Lipinski definition) is 5. The van der Waals surface area contributed by atoms with Crippen LogP contribution in [0.1, 0.15) is 32.3 Å². The number of amides is 1. The Kier molecular flexibility index (Phi) is 11.1. The van der Waals surface area contributed by atoms with E-state index in [-0.39, 0.29) is 17.3 Å². The molecule has 1 aromatic carbocycles. The van der Waals surface area contributed by atoms with Crippen molar-refractivity contribution < 1.29 is 36.3 Å². The predicted molar refractivity (Wildman–Crippen MR) is 113 cm³/mol. The van der Waals surface area contributed by atoms with E-state index in [1.165, 1.54) is 4.31 Å². The Morgan fingerprint density at radius 3 is 2.09 bits per heavy atom. The number of carbonyl (C=O) groups excluding carboxylic acids is 1. The Morgan fingerprint density at radius 2 is 1.66 bits per heavy atom. The molecule has 1 saturated heterocycles. The lowest BCUT2D eigenvalue weighted by Crippen LogP contribution is -2.50. The molecule has 32 heavy (non-hydrogen) atoms. The summed E-state index contributed by atoms with van der Waals surface area (Å²) in [4.78, 5) is 23.4. The zero-order valence-corrected chi connectivity index (χ0v) is 19.0. The Hall–Kier alpha value is -2.18. The van der Waals surface area contributed by atoms with Crippen LogP contribution in [-0.4, -0.2) is 80.1 Å². The molecule has 0 radical (unpaired) electrons. The Morgan fingerprint density at radius 1 is 1.12 bits per heavy atom. The second kappa shape index (κ2) is 12.8. The maximum absolute atomic E-state index is 13.0. The first-order valence-corrected chi connectivity index (χ1v) is 11.7. The fourth-order valence-electron chi connectivity index (χ4n) is 2.83. The summed E-state index contributed by atoms with van der Waals surface area (Å²) < 4.78 is 59.1. The van der Waals surface area contributed by atoms with E-state index in [4.69, 9.17) is 9.90 Å². The average Bonchev–Trinajstić information content (AvgIpc) is 2.76. The summed E-state index contributed by atoms with van der Waals surface area (Å²) in [7, 11) is -3.66. The van der Waals surface area contributed by atoms with Crippen LogP contribution < -0.4 is 5.32 Å². The van der Waals surface area contributed by atoms with Crippen molar-refractivity contribution in [3.05, 3.63) is 29.8 Å². The van der Waals surface area contributed by atoms with Gasteiger partial charge in [-0.1, -0.05) is 32.4 Å². The number of aliphatic carboxylic acids is 1. The van der Waals surface area contributed by atoms with E-state index in [0.717, 1.165) is 37.9 Å². The van der Waals surface area contributed by atoms with E-state index in [2.05, 4.69) is 5.32 Å². The Bertz CT molecular complexity index is 839. The van der Waals surface area contributed by atoms with Gasteiger partial charge in [-0.3, -0.25) is 4.79 Å². The van der Waals surface area contributed by atoms with Crippen molar-refractivity contribution in [3.63, 3.8) is 0 Å². The minimum absolute atomic E-state index is 0.0855. The van der Waals surface area contributed by atoms with Gasteiger partial charge < -0.3 is 15.3 Å². The lowest BCUT2D eigenvalue weighted by Gasteiger charge is -2.30. The van der Waals surface area contributed by atoms with E-state index in [0.29, 0.717) is 19.6 Å². The highest BCUT2D eigenvalue weighted by atomic mass is 32.2. The van der Waals surface area contributed by atoms with Gasteiger partial charge in [0.2, 0.25) is 15.9 Å². The van der Waals surface area contributed by atoms with Crippen LogP contribution in [0, 0.1) is 0 Å². The third-order valence-corrected chi connectivity index (χ3v) is 6.61. The molecule has 1 aliphatic rings. The van der Waals surface area contributed by atoms with Crippen molar-refractivity contribution in [3.8, 4) is 0 Å². The molecule has 1 heterocycles. The number of benzene rings is 1. The molecule has 0 unspecified atom stereocenters. The summed E-state index contributed by atoms with van der Waals surface area (Å²) in [5.74, 6) is -2.88. The highest BCUT2D eigenvalue weighted by Gasteiger charge is 2.38. The molecule has 182 valence electrons. The van der Waals surface area contributed by atoms with Crippen LogP contribution in [0.5, 0.6) is 0 Å². The van der Waals surface area contributed by atoms with Crippen LogP contribution >= 0.6 is 0 Å². The van der Waals surface area contributed by atoms with Crippen molar-refractivity contribution >= 4 is 21.9 Å². The van der Waals surface area contributed by atoms with Gasteiger partial charge in [0.1, 0.15) is 0 Å². The van der Waals surface area contributed by atoms with Crippen LogP contribution in [0.3, 0.4) is 0 Å². The zero-order valence-electron chi connectivity index (χ0n) is 18.2. The summed E-state index contributed by atoms with van der Waals surface area (Å²) in [6.45, 7) is 7.10. The molecule has 2 N–H and O–H groups in total. The third-order valence-electron chi connectivity index (χ3n) is 4.75. The molecular formula is C20H30F3N3O5S. The van der Waals surface area contributed by atoms with Crippen LogP contribution in [0.4, 0.5) is 13.2 Å². The van der Waals surface area contributed by atoms with Crippen molar-refractivity contribution in [1.82, 2.24) is 14.5 Å². The molecule has 12 heteroatoms. The normalized spacial score (nSPS) is 14.6. The third kappa shape index (κ3) is 8.75. The fourth-order valence-corrected chi connectivity index (χ4v) is 4.26. The minimum atomic E-state index is -5.08. The first-order chi connectivity index (χ1) is 14.9. The highest BCUT2D eigenvalue weighted by Crippen LogP contribution is 2.18. The molecule has 1 amide bonds. The number of carboxylic acids is 1. The second-order valence-corrected chi connectivity index (χ2v) is 9.06. The van der Waals surface area contributed by atoms with Crippen LogP contribution in [0.2, 0.25) is 0 Å². The highest BCUT2D eigenvalue weighted by molar-refractivity contribution is 7.89. The molecule has 0 bridgehead atoms. The lowest BCUT2D eigenvalue weighted by molar-refractivity contribution is -0.192. The second-order valence-electron chi connectivity index (χ2n) is 7.12. The zero-order chi connectivity index (χ0) is 24.4. The maximum Gasteiger partial charge on any atom is 0.490 e. The number of nitrogens with zero attached hydrogens (tertiary/aromatic N) is 2. The number of alkyl halides is 3. The van der Waals surface area contributed by atoms with Crippen molar-refractivity contribution in [2.24, 2.45) is 0 Å². The molecule has 1 aromatic rings. The number of carbonyl (C=O) groups is 2. The number of carboxylic acid groups (broad SMARTS) is 1. The van der Waals surface area contributed by atoms with Gasteiger partial charge in [0.25, 0.3) is 0 Å². The van der Waals surface area contributed by atoms with Crippen molar-refractivity contribution in [1.29, 1.82) is 0 Å². The summed E-state index contributed by atoms with van der Waals surface area (Å²) in [6.07, 6.45) is -2.61. The fraction of sp³-hybridized carbons (Fsp3) is 0.600. The molecule has 1 aliphatic heterocycles. The SMILES string of the molecule is CCCCN(CC(=O)N1CCNCC1)S(=O)(=O)c1ccc(CC)cc1.O=C(O)C(F)(F)F. The van der Waals surface area contributed by atoms with Gasteiger partial charge in [-0.05, 0) is 30.5 Å². The molecular weight excluding hydrogens is 451 g/mol. The first-order valence-electron chi connectivity index (χ1n) is 10.3. The number of rotatable bonds is 8. The van der Waals surface area contributed by atoms with E-state index >= 15 is 0 Å². The van der Waals surface area contributed by atoms with Crippen LogP contribution in [0.25, 0.3) is 0 Å². The predicted octanol–water partition coefficient (Wildman–Crippen LogP) is 2.10. The summed E-state index contributed by atoms with van der Waals surface area (Å²) in [6, 6.07) is 6.96. The molecule has 0 aliphatic carbocycles. The van der Waals surface area contributed by atoms with E-state index < -0.39 is 22.2 Å². The summed E-state index contributed by atoms with van der Waals surface area (Å²) in [5, 5.41) is 10.3. The monoisotopic (exact) mass is 481 g/mol. The number of sulfonamides is 1. The van der Waals surface area contributed by atoms with Gasteiger partial charge in [-0.2, -0.15) is 17.5 Å². The Balaban J connectivity index is 0.000000633. The molecule has 1 fully saturated rings. The van der Waals surface area contributed by atoms with E-state index in [9.17, 15) is 26.4 Å². The van der Waals surface area contributed by atoms with Gasteiger partial charge in [0.05, 0.1) is 11.4 Å². The number of unbranched alkanes of at least 4 members (excludes halogenated alkanes) is 1. The molecule has 0 spiro atoms. The Labute approximate surface area is 186 Å². The van der Waals surface area contributed by atoms with Crippen LogP contribution in [0.15, 0.2) is 29.2 Å². The number of hydrogen-bond donors (Lipinski definition) is 2. The number of halogens is 3. The molecule has 0 saturated carbocycles. The lowest BCUT2D eigenvalue weighted by atomic mass is 10.2. The van der Waals surface area contributed by atoms with E-state index in [1.54, 1.807) is 17.0 Å². The molecule has 0 aromatic heterocycles. The first kappa shape index (κ1) is 27.9. The molecule has 8 nitrogen and oxygen atoms in total. The van der Waals surface area contributed by atoms with Gasteiger partial charge in [0.15, 0.2) is 0 Å². The topological polar surface area (TPSA) is 107 Å². The van der Waals surface area contributed by atoms with Crippen molar-refractivity contribution in [2.45, 2.75) is 44.2 Å². The average molecular weight is 482 g/mol. The van der Waals surface area contributed by atoms with Gasteiger partial charge >= 0.3 is 12.1 Å². The minimum Gasteiger partial charge on any atom is -0.475 e. The quantitative estimate of drug-likeness (QED) is 0.589. The van der Waals surface area contributed by atoms with Crippen LogP contribution in [-0.2, 0) is 26.0 Å². The largest absolute Gasteiger partial charge is 0.490 e. The maximum atomic E-state index is 13.0. The van der Waals surface area contributed by atoms with Gasteiger partial charge in [-0.15, -0.1) is 0 Å². The summed E-state index contributed by atoms with van der Waals surface area (Å²) >= 11 is 0. The number of aryl methyl sites for hydroxylation is 1. The van der Waals surface area contributed by atoms with Gasteiger partial charge in [-0.25, -0.2) is 13.2 Å².